The largest absolute Gasteiger partial charge is 0.481 e. The van der Waals surface area contributed by atoms with Crippen LogP contribution in [-0.4, -0.2) is 34.8 Å². The monoisotopic (exact) mass is 386 g/mol. The van der Waals surface area contributed by atoms with Gasteiger partial charge in [-0.2, -0.15) is 0 Å². The maximum atomic E-state index is 12.2. The molecule has 0 fully saturated rings. The van der Waals surface area contributed by atoms with E-state index >= 15 is 0 Å². The van der Waals surface area contributed by atoms with Crippen LogP contribution in [0.1, 0.15) is 30.2 Å². The molecule has 1 N–H and O–H groups in total. The lowest BCUT2D eigenvalue weighted by Gasteiger charge is -2.09. The minimum Gasteiger partial charge on any atom is -0.481 e. The van der Waals surface area contributed by atoms with Crippen LogP contribution in [0.2, 0.25) is 0 Å². The molecular weight excluding hydrogens is 364 g/mol. The van der Waals surface area contributed by atoms with Crippen LogP contribution in [0.3, 0.4) is 0 Å². The first-order chi connectivity index (χ1) is 12.8. The molecule has 0 aliphatic carbocycles. The summed E-state index contributed by atoms with van der Waals surface area (Å²) in [5.41, 5.74) is 3.27. The first kappa shape index (κ1) is 19.1. The second-order valence-electron chi connectivity index (χ2n) is 6.56. The van der Waals surface area contributed by atoms with E-state index in [1.165, 1.54) is 0 Å². The number of hydrogen-bond donors (Lipinski definition) is 1. The van der Waals surface area contributed by atoms with Gasteiger partial charge in [-0.15, -0.1) is 0 Å². The zero-order valence-electron chi connectivity index (χ0n) is 15.3. The van der Waals surface area contributed by atoms with Gasteiger partial charge in [-0.1, -0.05) is 19.1 Å². The molecule has 7 heteroatoms. The van der Waals surface area contributed by atoms with Gasteiger partial charge in [-0.05, 0) is 48.7 Å². The fraction of sp³-hybridized carbons (Fsp3) is 0.300. The van der Waals surface area contributed by atoms with Gasteiger partial charge >= 0.3 is 5.97 Å². The summed E-state index contributed by atoms with van der Waals surface area (Å²) in [6, 6.07) is 10.5. The summed E-state index contributed by atoms with van der Waals surface area (Å²) >= 11 is 0. The number of benzene rings is 1. The second kappa shape index (κ2) is 7.52. The Morgan fingerprint density at radius 1 is 1.19 bits per heavy atom. The Morgan fingerprint density at radius 2 is 1.89 bits per heavy atom. The third-order valence-corrected chi connectivity index (χ3v) is 6.57. The van der Waals surface area contributed by atoms with Crippen LogP contribution in [0.25, 0.3) is 11.0 Å². The average molecular weight is 386 g/mol. The zero-order valence-corrected chi connectivity index (χ0v) is 16.2. The van der Waals surface area contributed by atoms with Crippen molar-refractivity contribution in [3.63, 3.8) is 0 Å². The van der Waals surface area contributed by atoms with Gasteiger partial charge in [0, 0.05) is 23.8 Å². The van der Waals surface area contributed by atoms with Crippen molar-refractivity contribution in [3.8, 4) is 0 Å². The van der Waals surface area contributed by atoms with Crippen molar-refractivity contribution in [1.82, 2.24) is 9.55 Å². The van der Waals surface area contributed by atoms with Gasteiger partial charge in [0.15, 0.2) is 9.84 Å². The van der Waals surface area contributed by atoms with E-state index in [1.807, 2.05) is 24.5 Å². The SMILES string of the molecule is CCCS(=O)(=O)c1ccc(Cn2c(C)c(CC(=O)O)c3cccnc32)cc1. The fourth-order valence-electron chi connectivity index (χ4n) is 3.30. The Balaban J connectivity index is 1.98. The number of carbonyl (C=O) groups is 1. The second-order valence-corrected chi connectivity index (χ2v) is 8.67. The number of pyridine rings is 1. The molecule has 142 valence electrons. The Kier molecular flexibility index (Phi) is 5.32. The Morgan fingerprint density at radius 3 is 2.52 bits per heavy atom. The van der Waals surface area contributed by atoms with Crippen LogP contribution in [0.4, 0.5) is 0 Å². The molecule has 0 saturated heterocycles. The minimum absolute atomic E-state index is 0.0603. The predicted octanol–water partition coefficient (Wildman–Crippen LogP) is 3.20. The summed E-state index contributed by atoms with van der Waals surface area (Å²) in [5, 5.41) is 10.0. The normalized spacial score (nSPS) is 11.8. The first-order valence-electron chi connectivity index (χ1n) is 8.79. The van der Waals surface area contributed by atoms with E-state index in [1.54, 1.807) is 36.5 Å². The van der Waals surface area contributed by atoms with Crippen LogP contribution < -0.4 is 0 Å². The minimum atomic E-state index is -3.24. The molecule has 0 radical (unpaired) electrons. The highest BCUT2D eigenvalue weighted by atomic mass is 32.2. The third kappa shape index (κ3) is 3.88. The number of aliphatic carboxylic acids is 1. The smallest absolute Gasteiger partial charge is 0.307 e. The lowest BCUT2D eigenvalue weighted by molar-refractivity contribution is -0.136. The van der Waals surface area contributed by atoms with Crippen molar-refractivity contribution in [1.29, 1.82) is 0 Å². The van der Waals surface area contributed by atoms with Crippen LogP contribution in [-0.2, 0) is 27.6 Å². The van der Waals surface area contributed by atoms with E-state index < -0.39 is 15.8 Å². The van der Waals surface area contributed by atoms with Crippen LogP contribution in [0.5, 0.6) is 0 Å². The number of carboxylic acid groups (broad SMARTS) is 1. The quantitative estimate of drug-likeness (QED) is 0.673. The summed E-state index contributed by atoms with van der Waals surface area (Å²) in [4.78, 5) is 16.0. The summed E-state index contributed by atoms with van der Waals surface area (Å²) < 4.78 is 26.3. The zero-order chi connectivity index (χ0) is 19.6. The van der Waals surface area contributed by atoms with Gasteiger partial charge in [-0.3, -0.25) is 4.79 Å². The highest BCUT2D eigenvalue weighted by molar-refractivity contribution is 7.91. The molecule has 0 saturated carbocycles. The van der Waals surface area contributed by atoms with E-state index in [2.05, 4.69) is 4.98 Å². The molecule has 27 heavy (non-hydrogen) atoms. The number of fused-ring (bicyclic) bond motifs is 1. The fourth-order valence-corrected chi connectivity index (χ4v) is 4.63. The van der Waals surface area contributed by atoms with Gasteiger partial charge in [-0.25, -0.2) is 13.4 Å². The molecular formula is C20H22N2O4S. The number of carboxylic acids is 1. The van der Waals surface area contributed by atoms with Crippen molar-refractivity contribution >= 4 is 26.8 Å². The molecule has 3 aromatic rings. The molecule has 2 heterocycles. The molecule has 2 aromatic heterocycles. The summed E-state index contributed by atoms with van der Waals surface area (Å²) in [7, 11) is -3.24. The number of nitrogens with zero attached hydrogens (tertiary/aromatic N) is 2. The van der Waals surface area contributed by atoms with Crippen molar-refractivity contribution < 1.29 is 18.3 Å². The average Bonchev–Trinajstić information content (AvgIpc) is 2.88. The highest BCUT2D eigenvalue weighted by Gasteiger charge is 2.18. The summed E-state index contributed by atoms with van der Waals surface area (Å²) in [5.74, 6) is -0.748. The number of rotatable bonds is 7. The number of hydrogen-bond acceptors (Lipinski definition) is 4. The molecule has 0 aliphatic heterocycles. The van der Waals surface area contributed by atoms with E-state index in [4.69, 9.17) is 0 Å². The van der Waals surface area contributed by atoms with E-state index in [0.717, 1.165) is 27.9 Å². The maximum absolute atomic E-state index is 12.2. The van der Waals surface area contributed by atoms with Crippen molar-refractivity contribution in [2.24, 2.45) is 0 Å². The molecule has 0 unspecified atom stereocenters. The molecule has 0 aliphatic rings. The number of sulfone groups is 1. The van der Waals surface area contributed by atoms with Crippen molar-refractivity contribution in [2.45, 2.75) is 38.1 Å². The Bertz CT molecular complexity index is 1080. The maximum Gasteiger partial charge on any atom is 0.307 e. The highest BCUT2D eigenvalue weighted by Crippen LogP contribution is 2.26. The van der Waals surface area contributed by atoms with Crippen LogP contribution >= 0.6 is 0 Å². The topological polar surface area (TPSA) is 89.3 Å². The first-order valence-corrected chi connectivity index (χ1v) is 10.4. The van der Waals surface area contributed by atoms with Crippen LogP contribution in [0, 0.1) is 6.92 Å². The van der Waals surface area contributed by atoms with E-state index in [9.17, 15) is 18.3 Å². The van der Waals surface area contributed by atoms with E-state index in [0.29, 0.717) is 17.9 Å². The van der Waals surface area contributed by atoms with Gasteiger partial charge in [0.2, 0.25) is 0 Å². The summed E-state index contributed by atoms with van der Waals surface area (Å²) in [6.07, 6.45) is 2.20. The molecule has 0 spiro atoms. The van der Waals surface area contributed by atoms with E-state index in [-0.39, 0.29) is 12.2 Å². The Hall–Kier alpha value is -2.67. The van der Waals surface area contributed by atoms with Gasteiger partial charge in [0.05, 0.1) is 17.1 Å². The third-order valence-electron chi connectivity index (χ3n) is 4.63. The van der Waals surface area contributed by atoms with Crippen molar-refractivity contribution in [3.05, 3.63) is 59.4 Å². The molecule has 0 bridgehead atoms. The number of aromatic nitrogens is 2. The lowest BCUT2D eigenvalue weighted by Crippen LogP contribution is -2.07. The lowest BCUT2D eigenvalue weighted by atomic mass is 10.1. The van der Waals surface area contributed by atoms with Crippen LogP contribution in [0.15, 0.2) is 47.5 Å². The molecule has 0 atom stereocenters. The summed E-state index contributed by atoms with van der Waals surface area (Å²) in [6.45, 7) is 4.22. The molecule has 0 amide bonds. The van der Waals surface area contributed by atoms with Crippen molar-refractivity contribution in [2.75, 3.05) is 5.75 Å². The van der Waals surface area contributed by atoms with Gasteiger partial charge in [0.1, 0.15) is 5.65 Å². The Labute approximate surface area is 158 Å². The predicted molar refractivity (Wildman–Crippen MR) is 104 cm³/mol. The molecule has 6 nitrogen and oxygen atoms in total. The molecule has 3 rings (SSSR count). The van der Waals surface area contributed by atoms with Gasteiger partial charge in [0.25, 0.3) is 0 Å². The standard InChI is InChI=1S/C20H22N2O4S/c1-3-11-27(25,26)16-8-6-15(7-9-16)13-22-14(2)18(12-19(23)24)17-5-4-10-21-20(17)22/h4-10H,3,11-13H2,1-2H3,(H,23,24). The van der Waals surface area contributed by atoms with Gasteiger partial charge < -0.3 is 9.67 Å². The molecule has 1 aromatic carbocycles.